The third-order valence-electron chi connectivity index (χ3n) is 7.77. The summed E-state index contributed by atoms with van der Waals surface area (Å²) in [6.07, 6.45) is 9.06. The maximum absolute atomic E-state index is 14.7. The molecule has 0 bridgehead atoms. The summed E-state index contributed by atoms with van der Waals surface area (Å²) in [5, 5.41) is 11.8. The molecule has 0 aliphatic carbocycles. The lowest BCUT2D eigenvalue weighted by molar-refractivity contribution is 0.425. The quantitative estimate of drug-likeness (QED) is 0.165. The molecule has 3 N–H and O–H groups in total. The summed E-state index contributed by atoms with van der Waals surface area (Å²) in [6, 6.07) is 21.3. The first-order chi connectivity index (χ1) is 22.0. The standard InChI is InChI=1S/C35H32FN9/c1-45(2)13-12-38-27-16-24(15-26(36)17-27)32-34-29(10-11-39-32)41-35(42-34)33-28-18-30(40-21-31(28)43-44-33)25-14-23(19-37-20-25)9-8-22-6-4-3-5-7-22/h3-7,10-11,14-21,38H,8-9,12-13H2,1-2H3,(H,41,42)(H,43,44). The van der Waals surface area contributed by atoms with E-state index in [0.717, 1.165) is 52.6 Å². The second-order valence-electron chi connectivity index (χ2n) is 11.4. The molecule has 5 aromatic heterocycles. The highest BCUT2D eigenvalue weighted by Crippen LogP contribution is 2.33. The number of benzene rings is 2. The van der Waals surface area contributed by atoms with Crippen molar-refractivity contribution in [1.29, 1.82) is 0 Å². The Morgan fingerprint density at radius 1 is 0.822 bits per heavy atom. The molecule has 10 heteroatoms. The minimum Gasteiger partial charge on any atom is -0.384 e. The number of anilines is 1. The zero-order valence-corrected chi connectivity index (χ0v) is 25.0. The van der Waals surface area contributed by atoms with E-state index < -0.39 is 0 Å². The van der Waals surface area contributed by atoms with Crippen LogP contribution in [0.3, 0.4) is 0 Å². The number of hydrogen-bond donors (Lipinski definition) is 3. The topological polar surface area (TPSA) is 111 Å². The van der Waals surface area contributed by atoms with Crippen LogP contribution in [0.25, 0.3) is 56.0 Å². The van der Waals surface area contributed by atoms with Gasteiger partial charge < -0.3 is 15.2 Å². The van der Waals surface area contributed by atoms with E-state index in [0.29, 0.717) is 40.5 Å². The Kier molecular flexibility index (Phi) is 7.71. The summed E-state index contributed by atoms with van der Waals surface area (Å²) in [4.78, 5) is 24.2. The lowest BCUT2D eigenvalue weighted by Crippen LogP contribution is -2.20. The molecular weight excluding hydrogens is 565 g/mol. The van der Waals surface area contributed by atoms with E-state index in [9.17, 15) is 4.39 Å². The van der Waals surface area contributed by atoms with Crippen LogP contribution < -0.4 is 5.32 Å². The molecule has 7 aromatic rings. The van der Waals surface area contributed by atoms with Gasteiger partial charge in [-0.2, -0.15) is 5.10 Å². The van der Waals surface area contributed by atoms with Crippen molar-refractivity contribution < 1.29 is 4.39 Å². The van der Waals surface area contributed by atoms with Crippen LogP contribution >= 0.6 is 0 Å². The average Bonchev–Trinajstić information content (AvgIpc) is 3.68. The largest absolute Gasteiger partial charge is 0.384 e. The predicted molar refractivity (Wildman–Crippen MR) is 176 cm³/mol. The molecular formula is C35H32FN9. The Hall–Kier alpha value is -5.48. The molecule has 0 aliphatic heterocycles. The average molecular weight is 598 g/mol. The minimum absolute atomic E-state index is 0.341. The van der Waals surface area contributed by atoms with Gasteiger partial charge in [0.1, 0.15) is 17.0 Å². The molecule has 0 spiro atoms. The molecule has 0 fully saturated rings. The van der Waals surface area contributed by atoms with E-state index in [-0.39, 0.29) is 5.82 Å². The van der Waals surface area contributed by atoms with Crippen molar-refractivity contribution in [2.75, 3.05) is 32.5 Å². The van der Waals surface area contributed by atoms with Gasteiger partial charge in [-0.25, -0.2) is 9.37 Å². The van der Waals surface area contributed by atoms with E-state index in [2.05, 4.69) is 65.7 Å². The second kappa shape index (κ2) is 12.3. The number of rotatable bonds is 10. The molecule has 0 atom stereocenters. The summed E-state index contributed by atoms with van der Waals surface area (Å²) in [7, 11) is 4.00. The predicted octanol–water partition coefficient (Wildman–Crippen LogP) is 6.52. The van der Waals surface area contributed by atoms with E-state index in [1.165, 1.54) is 17.7 Å². The van der Waals surface area contributed by atoms with Crippen LogP contribution in [0.5, 0.6) is 0 Å². The molecule has 0 saturated carbocycles. The number of aromatic nitrogens is 7. The Labute approximate surface area is 259 Å². The van der Waals surface area contributed by atoms with Crippen LogP contribution in [0.4, 0.5) is 10.1 Å². The van der Waals surface area contributed by atoms with E-state index in [1.807, 2.05) is 50.8 Å². The van der Waals surface area contributed by atoms with Gasteiger partial charge in [0.25, 0.3) is 0 Å². The normalized spacial score (nSPS) is 11.6. The highest BCUT2D eigenvalue weighted by Gasteiger charge is 2.18. The number of fused-ring (bicyclic) bond motifs is 2. The molecule has 0 unspecified atom stereocenters. The number of imidazole rings is 1. The lowest BCUT2D eigenvalue weighted by Gasteiger charge is -2.12. The zero-order chi connectivity index (χ0) is 30.8. The minimum atomic E-state index is -0.341. The van der Waals surface area contributed by atoms with Crippen LogP contribution in [-0.2, 0) is 12.8 Å². The van der Waals surface area contributed by atoms with E-state index in [4.69, 9.17) is 9.97 Å². The van der Waals surface area contributed by atoms with Gasteiger partial charge in [-0.15, -0.1) is 0 Å². The lowest BCUT2D eigenvalue weighted by atomic mass is 10.0. The molecule has 0 saturated heterocycles. The number of H-pyrrole nitrogens is 2. The van der Waals surface area contributed by atoms with Gasteiger partial charge in [-0.1, -0.05) is 30.3 Å². The van der Waals surface area contributed by atoms with Crippen molar-refractivity contribution >= 4 is 27.6 Å². The highest BCUT2D eigenvalue weighted by atomic mass is 19.1. The smallest absolute Gasteiger partial charge is 0.159 e. The first-order valence-electron chi connectivity index (χ1n) is 14.9. The number of pyridine rings is 3. The van der Waals surface area contributed by atoms with Crippen molar-refractivity contribution in [2.24, 2.45) is 0 Å². The van der Waals surface area contributed by atoms with Gasteiger partial charge in [-0.05, 0) is 74.5 Å². The van der Waals surface area contributed by atoms with Gasteiger partial charge >= 0.3 is 0 Å². The van der Waals surface area contributed by atoms with Crippen LogP contribution in [0.2, 0.25) is 0 Å². The first-order valence-corrected chi connectivity index (χ1v) is 14.9. The van der Waals surface area contributed by atoms with Crippen molar-refractivity contribution in [3.8, 4) is 34.0 Å². The summed E-state index contributed by atoms with van der Waals surface area (Å²) in [5.41, 5.74) is 8.97. The maximum atomic E-state index is 14.7. The van der Waals surface area contributed by atoms with Gasteiger partial charge in [0.2, 0.25) is 0 Å². The van der Waals surface area contributed by atoms with Crippen LogP contribution in [0, 0.1) is 5.82 Å². The van der Waals surface area contributed by atoms with Crippen molar-refractivity contribution in [1.82, 2.24) is 40.0 Å². The third kappa shape index (κ3) is 6.13. The van der Waals surface area contributed by atoms with Crippen molar-refractivity contribution in [3.05, 3.63) is 108 Å². The molecule has 9 nitrogen and oxygen atoms in total. The SMILES string of the molecule is CN(C)CCNc1cc(F)cc(-c2nccc3[nH]c(-c4n[nH]c5cnc(-c6cncc(CCc7ccccc7)c6)cc45)nc23)c1. The van der Waals surface area contributed by atoms with Crippen molar-refractivity contribution in [3.63, 3.8) is 0 Å². The first kappa shape index (κ1) is 28.3. The number of nitrogens with zero attached hydrogens (tertiary/aromatic N) is 6. The number of aromatic amines is 2. The number of halogens is 1. The van der Waals surface area contributed by atoms with Crippen molar-refractivity contribution in [2.45, 2.75) is 12.8 Å². The van der Waals surface area contributed by atoms with Crippen LogP contribution in [0.1, 0.15) is 11.1 Å². The molecule has 2 aromatic carbocycles. The Bertz CT molecular complexity index is 2100. The van der Waals surface area contributed by atoms with Gasteiger partial charge in [0, 0.05) is 53.9 Å². The van der Waals surface area contributed by atoms with Crippen LogP contribution in [0.15, 0.2) is 91.5 Å². The number of nitrogens with one attached hydrogen (secondary N) is 3. The maximum Gasteiger partial charge on any atom is 0.159 e. The highest BCUT2D eigenvalue weighted by molar-refractivity contribution is 5.97. The van der Waals surface area contributed by atoms with Gasteiger partial charge in [0.05, 0.1) is 28.6 Å². The summed E-state index contributed by atoms with van der Waals surface area (Å²) in [5.74, 6) is 0.240. The Morgan fingerprint density at radius 3 is 2.56 bits per heavy atom. The Balaban J connectivity index is 1.20. The zero-order valence-electron chi connectivity index (χ0n) is 25.0. The fourth-order valence-electron chi connectivity index (χ4n) is 5.46. The third-order valence-corrected chi connectivity index (χ3v) is 7.77. The summed E-state index contributed by atoms with van der Waals surface area (Å²) >= 11 is 0. The van der Waals surface area contributed by atoms with Crippen LogP contribution in [-0.4, -0.2) is 67.2 Å². The molecule has 5 heterocycles. The Morgan fingerprint density at radius 2 is 1.69 bits per heavy atom. The summed E-state index contributed by atoms with van der Waals surface area (Å²) < 4.78 is 14.7. The molecule has 0 aliphatic rings. The van der Waals surface area contributed by atoms with Gasteiger partial charge in [-0.3, -0.25) is 20.1 Å². The van der Waals surface area contributed by atoms with Gasteiger partial charge in [0.15, 0.2) is 5.82 Å². The molecule has 224 valence electrons. The number of hydrogen-bond acceptors (Lipinski definition) is 7. The fraction of sp³-hybridized carbons (Fsp3) is 0.171. The molecule has 45 heavy (non-hydrogen) atoms. The molecule has 0 amide bonds. The summed E-state index contributed by atoms with van der Waals surface area (Å²) in [6.45, 7) is 1.52. The van der Waals surface area contributed by atoms with E-state index >= 15 is 0 Å². The number of likely N-dealkylation sites (N-methyl/N-ethyl adjacent to an activating group) is 1. The fourth-order valence-corrected chi connectivity index (χ4v) is 5.46. The van der Waals surface area contributed by atoms with E-state index in [1.54, 1.807) is 12.4 Å². The molecule has 0 radical (unpaired) electrons. The molecule has 7 rings (SSSR count). The monoisotopic (exact) mass is 597 g/mol. The second-order valence-corrected chi connectivity index (χ2v) is 11.4. The number of aryl methyl sites for hydroxylation is 2.